The second-order valence-electron chi connectivity index (χ2n) is 6.13. The molecule has 2 N–H and O–H groups in total. The first-order valence-corrected chi connectivity index (χ1v) is 11.1. The van der Waals surface area contributed by atoms with Crippen molar-refractivity contribution in [2.24, 2.45) is 0 Å². The fraction of sp³-hybridized carbons (Fsp3) is 0.235. The lowest BCUT2D eigenvalue weighted by Gasteiger charge is -2.12. The van der Waals surface area contributed by atoms with Crippen LogP contribution in [0.5, 0.6) is 0 Å². The summed E-state index contributed by atoms with van der Waals surface area (Å²) in [6.45, 7) is 0. The van der Waals surface area contributed by atoms with Gasteiger partial charge in [-0.15, -0.1) is 0 Å². The van der Waals surface area contributed by atoms with Crippen LogP contribution in [0.4, 0.5) is 0 Å². The van der Waals surface area contributed by atoms with Gasteiger partial charge in [0.15, 0.2) is 9.84 Å². The number of nitrogens with one attached hydrogen (secondary N) is 1. The predicted octanol–water partition coefficient (Wildman–Crippen LogP) is 1.52. The standard InChI is InChI=1S/C17H17NO6S2/c19-17(20)14-3-1-2-13(10-14)12-4-6-16(7-5-12)26(23,24)18-15-8-9-25(21,22)11-15/h1-7,10,15,18H,8-9,11H2,(H,19,20). The van der Waals surface area contributed by atoms with Crippen molar-refractivity contribution in [3.05, 3.63) is 54.1 Å². The van der Waals surface area contributed by atoms with E-state index in [-0.39, 0.29) is 28.4 Å². The molecule has 7 nitrogen and oxygen atoms in total. The first kappa shape index (κ1) is 18.6. The Kier molecular flexibility index (Phi) is 4.87. The molecule has 1 aliphatic heterocycles. The van der Waals surface area contributed by atoms with E-state index in [9.17, 15) is 21.6 Å². The van der Waals surface area contributed by atoms with Crippen molar-refractivity contribution in [3.63, 3.8) is 0 Å². The topological polar surface area (TPSA) is 118 Å². The lowest BCUT2D eigenvalue weighted by Crippen LogP contribution is -2.35. The molecule has 138 valence electrons. The Morgan fingerprint density at radius 2 is 1.77 bits per heavy atom. The van der Waals surface area contributed by atoms with Gasteiger partial charge in [0.25, 0.3) is 0 Å². The molecule has 0 spiro atoms. The molecule has 9 heteroatoms. The molecular formula is C17H17NO6S2. The Morgan fingerprint density at radius 3 is 2.35 bits per heavy atom. The van der Waals surface area contributed by atoms with Crippen LogP contribution in [0.15, 0.2) is 53.4 Å². The summed E-state index contributed by atoms with van der Waals surface area (Å²) in [7, 11) is -7.00. The average Bonchev–Trinajstić information content (AvgIpc) is 2.93. The van der Waals surface area contributed by atoms with Gasteiger partial charge in [0.2, 0.25) is 10.0 Å². The van der Waals surface area contributed by atoms with Crippen LogP contribution in [0.25, 0.3) is 11.1 Å². The molecule has 2 aromatic carbocycles. The Bertz CT molecular complexity index is 1040. The fourth-order valence-corrected chi connectivity index (χ4v) is 5.88. The lowest BCUT2D eigenvalue weighted by atomic mass is 10.0. The number of rotatable bonds is 5. The molecule has 1 unspecified atom stereocenters. The molecule has 26 heavy (non-hydrogen) atoms. The number of hydrogen-bond acceptors (Lipinski definition) is 5. The SMILES string of the molecule is O=C(O)c1cccc(-c2ccc(S(=O)(=O)NC3CCS(=O)(=O)C3)cc2)c1. The van der Waals surface area contributed by atoms with Crippen molar-refractivity contribution >= 4 is 25.8 Å². The summed E-state index contributed by atoms with van der Waals surface area (Å²) in [6, 6.07) is 11.7. The van der Waals surface area contributed by atoms with E-state index in [4.69, 9.17) is 5.11 Å². The highest BCUT2D eigenvalue weighted by atomic mass is 32.2. The zero-order valence-corrected chi connectivity index (χ0v) is 15.3. The van der Waals surface area contributed by atoms with Crippen LogP contribution in [0.3, 0.4) is 0 Å². The number of hydrogen-bond donors (Lipinski definition) is 2. The molecule has 0 bridgehead atoms. The summed E-state index contributed by atoms with van der Waals surface area (Å²) in [5.41, 5.74) is 1.47. The lowest BCUT2D eigenvalue weighted by molar-refractivity contribution is 0.0697. The molecule has 1 heterocycles. The molecule has 1 aliphatic rings. The van der Waals surface area contributed by atoms with Gasteiger partial charge >= 0.3 is 5.97 Å². The van der Waals surface area contributed by atoms with Crippen molar-refractivity contribution in [1.82, 2.24) is 4.72 Å². The quantitative estimate of drug-likeness (QED) is 0.792. The summed E-state index contributed by atoms with van der Waals surface area (Å²) in [5, 5.41) is 9.05. The number of aromatic carboxylic acids is 1. The highest BCUT2D eigenvalue weighted by molar-refractivity contribution is 7.92. The Hall–Kier alpha value is -2.23. The zero-order chi connectivity index (χ0) is 18.9. The van der Waals surface area contributed by atoms with Gasteiger partial charge < -0.3 is 5.11 Å². The van der Waals surface area contributed by atoms with E-state index < -0.39 is 31.9 Å². The number of carboxylic acids is 1. The second kappa shape index (κ2) is 6.82. The van der Waals surface area contributed by atoms with Gasteiger partial charge in [0, 0.05) is 6.04 Å². The molecule has 0 aromatic heterocycles. The van der Waals surface area contributed by atoms with E-state index in [0.717, 1.165) is 0 Å². The minimum Gasteiger partial charge on any atom is -0.478 e. The number of carboxylic acid groups (broad SMARTS) is 1. The molecule has 0 saturated carbocycles. The highest BCUT2D eigenvalue weighted by Gasteiger charge is 2.31. The van der Waals surface area contributed by atoms with Gasteiger partial charge in [-0.25, -0.2) is 26.4 Å². The maximum Gasteiger partial charge on any atom is 0.335 e. The molecule has 1 fully saturated rings. The first-order chi connectivity index (χ1) is 12.2. The maximum atomic E-state index is 12.4. The van der Waals surface area contributed by atoms with Crippen molar-refractivity contribution < 1.29 is 26.7 Å². The van der Waals surface area contributed by atoms with Crippen LogP contribution >= 0.6 is 0 Å². The summed E-state index contributed by atoms with van der Waals surface area (Å²) < 4.78 is 50.2. The van der Waals surface area contributed by atoms with Crippen molar-refractivity contribution in [2.45, 2.75) is 17.4 Å². The van der Waals surface area contributed by atoms with E-state index >= 15 is 0 Å². The molecule has 0 radical (unpaired) electrons. The summed E-state index contributed by atoms with van der Waals surface area (Å²) >= 11 is 0. The summed E-state index contributed by atoms with van der Waals surface area (Å²) in [4.78, 5) is 11.1. The fourth-order valence-electron chi connectivity index (χ4n) is 2.83. The number of carbonyl (C=O) groups is 1. The maximum absolute atomic E-state index is 12.4. The summed E-state index contributed by atoms with van der Waals surface area (Å²) in [6.07, 6.45) is 0.266. The Morgan fingerprint density at radius 1 is 1.08 bits per heavy atom. The van der Waals surface area contributed by atoms with Gasteiger partial charge in [0.05, 0.1) is 22.0 Å². The summed E-state index contributed by atoms with van der Waals surface area (Å²) in [5.74, 6) is -1.24. The van der Waals surface area contributed by atoms with Crippen LogP contribution in [0.1, 0.15) is 16.8 Å². The van der Waals surface area contributed by atoms with Crippen molar-refractivity contribution in [1.29, 1.82) is 0 Å². The largest absolute Gasteiger partial charge is 0.478 e. The van der Waals surface area contributed by atoms with E-state index in [1.165, 1.54) is 24.3 Å². The van der Waals surface area contributed by atoms with Crippen LogP contribution in [-0.4, -0.2) is 45.5 Å². The van der Waals surface area contributed by atoms with Gasteiger partial charge in [0.1, 0.15) is 0 Å². The Labute approximate surface area is 151 Å². The van der Waals surface area contributed by atoms with Crippen LogP contribution in [-0.2, 0) is 19.9 Å². The Balaban J connectivity index is 1.81. The third-order valence-electron chi connectivity index (χ3n) is 4.16. The third-order valence-corrected chi connectivity index (χ3v) is 7.47. The monoisotopic (exact) mass is 395 g/mol. The minimum atomic E-state index is -3.82. The average molecular weight is 395 g/mol. The molecule has 0 aliphatic carbocycles. The first-order valence-electron chi connectivity index (χ1n) is 7.83. The molecular weight excluding hydrogens is 378 g/mol. The molecule has 3 rings (SSSR count). The normalized spacial score (nSPS) is 19.3. The second-order valence-corrected chi connectivity index (χ2v) is 10.1. The zero-order valence-electron chi connectivity index (χ0n) is 13.6. The van der Waals surface area contributed by atoms with E-state index in [1.807, 2.05) is 0 Å². The van der Waals surface area contributed by atoms with E-state index in [1.54, 1.807) is 24.3 Å². The van der Waals surface area contributed by atoms with Crippen LogP contribution in [0.2, 0.25) is 0 Å². The van der Waals surface area contributed by atoms with Crippen LogP contribution < -0.4 is 4.72 Å². The van der Waals surface area contributed by atoms with Crippen LogP contribution in [0, 0.1) is 0 Å². The van der Waals surface area contributed by atoms with Crippen molar-refractivity contribution in [3.8, 4) is 11.1 Å². The third kappa shape index (κ3) is 4.12. The number of sulfone groups is 1. The van der Waals surface area contributed by atoms with Gasteiger partial charge in [-0.05, 0) is 41.8 Å². The van der Waals surface area contributed by atoms with Gasteiger partial charge in [-0.3, -0.25) is 0 Å². The van der Waals surface area contributed by atoms with Gasteiger partial charge in [-0.2, -0.15) is 0 Å². The molecule has 1 saturated heterocycles. The molecule has 0 amide bonds. The molecule has 2 aromatic rings. The smallest absolute Gasteiger partial charge is 0.335 e. The van der Waals surface area contributed by atoms with Crippen molar-refractivity contribution in [2.75, 3.05) is 11.5 Å². The highest BCUT2D eigenvalue weighted by Crippen LogP contribution is 2.23. The number of benzene rings is 2. The van der Waals surface area contributed by atoms with Gasteiger partial charge in [-0.1, -0.05) is 24.3 Å². The van der Waals surface area contributed by atoms with E-state index in [2.05, 4.69) is 4.72 Å². The molecule has 1 atom stereocenters. The number of sulfonamides is 1. The minimum absolute atomic E-state index is 0.0148. The predicted molar refractivity (Wildman–Crippen MR) is 96.2 cm³/mol. The van der Waals surface area contributed by atoms with E-state index in [0.29, 0.717) is 11.1 Å².